The number of hydrogen-bond acceptors (Lipinski definition) is 3. The maximum Gasteiger partial charge on any atom is 0.303 e. The molecule has 0 saturated heterocycles. The second-order valence-electron chi connectivity index (χ2n) is 11.3. The van der Waals surface area contributed by atoms with Crippen LogP contribution in [0.15, 0.2) is 0 Å². The van der Waals surface area contributed by atoms with Crippen molar-refractivity contribution in [3.8, 4) is 0 Å². The van der Waals surface area contributed by atoms with Crippen LogP contribution in [-0.4, -0.2) is 33.5 Å². The molecule has 0 aliphatic heterocycles. The number of fused-ring (bicyclic) bond motifs is 5. The summed E-state index contributed by atoms with van der Waals surface area (Å²) in [5, 5.41) is 30.8. The minimum atomic E-state index is -0.707. The molecule has 3 N–H and O–H groups in total. The van der Waals surface area contributed by atoms with Gasteiger partial charge in [-0.15, -0.1) is 0 Å². The molecule has 160 valence electrons. The number of rotatable bonds is 4. The van der Waals surface area contributed by atoms with Gasteiger partial charge in [-0.05, 0) is 104 Å². The van der Waals surface area contributed by atoms with Gasteiger partial charge in [0.05, 0.1) is 12.2 Å². The van der Waals surface area contributed by atoms with Gasteiger partial charge in [0.15, 0.2) is 0 Å². The second-order valence-corrected chi connectivity index (χ2v) is 11.3. The third kappa shape index (κ3) is 3.05. The minimum absolute atomic E-state index is 0.0591. The van der Waals surface area contributed by atoms with Crippen LogP contribution < -0.4 is 0 Å². The first-order chi connectivity index (χ1) is 13.2. The molecular weight excluding hydrogens is 352 g/mol. The van der Waals surface area contributed by atoms with E-state index in [0.29, 0.717) is 35.5 Å². The predicted molar refractivity (Wildman–Crippen MR) is 109 cm³/mol. The molecule has 0 aromatic carbocycles. The van der Waals surface area contributed by atoms with Crippen LogP contribution >= 0.6 is 0 Å². The van der Waals surface area contributed by atoms with Crippen molar-refractivity contribution >= 4 is 5.97 Å². The monoisotopic (exact) mass is 392 g/mol. The summed E-state index contributed by atoms with van der Waals surface area (Å²) in [7, 11) is 0. The Balaban J connectivity index is 1.56. The highest BCUT2D eigenvalue weighted by atomic mass is 16.4. The van der Waals surface area contributed by atoms with Crippen molar-refractivity contribution in [3.63, 3.8) is 0 Å². The molecule has 0 unspecified atom stereocenters. The summed E-state index contributed by atoms with van der Waals surface area (Å²) in [4.78, 5) is 11.1. The molecule has 0 radical (unpaired) electrons. The first kappa shape index (κ1) is 20.7. The maximum absolute atomic E-state index is 11.5. The number of carboxylic acids is 1. The van der Waals surface area contributed by atoms with Crippen molar-refractivity contribution in [2.24, 2.45) is 46.3 Å². The van der Waals surface area contributed by atoms with E-state index in [1.807, 2.05) is 0 Å². The Bertz CT molecular complexity index is 605. The average molecular weight is 393 g/mol. The standard InChI is InChI=1S/C24H40O4/c1-14(4-9-22(27)28)18-7-8-19-17-6-5-15-12-16(25)10-11-23(15,2)20(17)13-21(26)24(18,19)3/h14-21,25-26H,4-13H2,1-3H3,(H,27,28)/t14-,15-,16-,17-,18-,19+,20-,21+,23+,24-/m1/s1. The summed E-state index contributed by atoms with van der Waals surface area (Å²) < 4.78 is 0. The third-order valence-corrected chi connectivity index (χ3v) is 10.3. The molecule has 28 heavy (non-hydrogen) atoms. The Morgan fingerprint density at radius 3 is 2.50 bits per heavy atom. The van der Waals surface area contributed by atoms with Crippen LogP contribution in [0, 0.1) is 46.3 Å². The van der Waals surface area contributed by atoms with Crippen LogP contribution in [-0.2, 0) is 4.79 Å². The molecule has 0 heterocycles. The Morgan fingerprint density at radius 2 is 1.79 bits per heavy atom. The van der Waals surface area contributed by atoms with E-state index in [0.717, 1.165) is 38.5 Å². The smallest absolute Gasteiger partial charge is 0.303 e. The first-order valence-electron chi connectivity index (χ1n) is 11.8. The van der Waals surface area contributed by atoms with Gasteiger partial charge < -0.3 is 15.3 Å². The highest BCUT2D eigenvalue weighted by molar-refractivity contribution is 5.66. The van der Waals surface area contributed by atoms with E-state index in [1.165, 1.54) is 19.3 Å². The van der Waals surface area contributed by atoms with E-state index in [4.69, 9.17) is 5.11 Å². The zero-order valence-electron chi connectivity index (χ0n) is 17.9. The largest absolute Gasteiger partial charge is 0.481 e. The fraction of sp³-hybridized carbons (Fsp3) is 0.958. The zero-order valence-corrected chi connectivity index (χ0v) is 17.9. The predicted octanol–water partition coefficient (Wildman–Crippen LogP) is 4.48. The molecule has 0 aromatic rings. The van der Waals surface area contributed by atoms with Crippen LogP contribution in [0.2, 0.25) is 0 Å². The number of aliphatic carboxylic acids is 1. The Kier molecular flexibility index (Phi) is 5.36. The fourth-order valence-corrected chi connectivity index (χ4v) is 8.71. The highest BCUT2D eigenvalue weighted by Crippen LogP contribution is 2.68. The third-order valence-electron chi connectivity index (χ3n) is 10.3. The second kappa shape index (κ2) is 7.27. The Labute approximate surface area is 170 Å². The van der Waals surface area contributed by atoms with E-state index in [1.54, 1.807) is 0 Å². The summed E-state index contributed by atoms with van der Waals surface area (Å²) in [6.45, 7) is 6.99. The van der Waals surface area contributed by atoms with Crippen LogP contribution in [0.5, 0.6) is 0 Å². The molecule has 4 heteroatoms. The first-order valence-corrected chi connectivity index (χ1v) is 11.8. The van der Waals surface area contributed by atoms with E-state index in [9.17, 15) is 15.0 Å². The van der Waals surface area contributed by atoms with Gasteiger partial charge in [0.25, 0.3) is 0 Å². The van der Waals surface area contributed by atoms with Crippen LogP contribution in [0.4, 0.5) is 0 Å². The summed E-state index contributed by atoms with van der Waals surface area (Å²) in [6, 6.07) is 0. The number of carboxylic acid groups (broad SMARTS) is 1. The van der Waals surface area contributed by atoms with Gasteiger partial charge in [0.2, 0.25) is 0 Å². The number of aliphatic hydroxyl groups is 2. The van der Waals surface area contributed by atoms with Crippen molar-refractivity contribution in [1.82, 2.24) is 0 Å². The lowest BCUT2D eigenvalue weighted by molar-refractivity contribution is -0.175. The van der Waals surface area contributed by atoms with Gasteiger partial charge in [0, 0.05) is 6.42 Å². The zero-order chi connectivity index (χ0) is 20.3. The molecule has 0 amide bonds. The number of carbonyl (C=O) groups is 1. The molecule has 4 rings (SSSR count). The van der Waals surface area contributed by atoms with Crippen LogP contribution in [0.1, 0.15) is 85.0 Å². The van der Waals surface area contributed by atoms with Crippen molar-refractivity contribution in [1.29, 1.82) is 0 Å². The van der Waals surface area contributed by atoms with E-state index in [2.05, 4.69) is 20.8 Å². The molecule has 4 aliphatic carbocycles. The van der Waals surface area contributed by atoms with Gasteiger partial charge in [0.1, 0.15) is 0 Å². The van der Waals surface area contributed by atoms with Crippen molar-refractivity contribution in [2.75, 3.05) is 0 Å². The van der Waals surface area contributed by atoms with Crippen molar-refractivity contribution in [3.05, 3.63) is 0 Å². The van der Waals surface area contributed by atoms with Gasteiger partial charge in [-0.1, -0.05) is 20.8 Å². The Hall–Kier alpha value is -0.610. The topological polar surface area (TPSA) is 77.8 Å². The molecule has 4 fully saturated rings. The summed E-state index contributed by atoms with van der Waals surface area (Å²) >= 11 is 0. The van der Waals surface area contributed by atoms with Crippen molar-refractivity contribution < 1.29 is 20.1 Å². The number of hydrogen-bond donors (Lipinski definition) is 3. The molecule has 4 saturated carbocycles. The molecule has 0 aromatic heterocycles. The lowest BCUT2D eigenvalue weighted by Crippen LogP contribution is -2.58. The highest BCUT2D eigenvalue weighted by Gasteiger charge is 2.63. The van der Waals surface area contributed by atoms with E-state index < -0.39 is 5.97 Å². The van der Waals surface area contributed by atoms with Gasteiger partial charge in [-0.3, -0.25) is 4.79 Å². The minimum Gasteiger partial charge on any atom is -0.481 e. The lowest BCUT2D eigenvalue weighted by atomic mass is 9.43. The molecule has 0 bridgehead atoms. The molecule has 0 spiro atoms. The molecule has 10 atom stereocenters. The number of aliphatic hydroxyl groups excluding tert-OH is 2. The SMILES string of the molecule is C[C@H](CCC(=O)O)[C@H]1CC[C@H]2[C@H]3CC[C@@H]4C[C@H](O)CC[C@]4(C)[C@@H]3C[C@H](O)[C@]12C. The lowest BCUT2D eigenvalue weighted by Gasteiger charge is -2.62. The molecule has 4 aliphatic rings. The molecular formula is C24H40O4. The normalized spacial score (nSPS) is 51.7. The fourth-order valence-electron chi connectivity index (χ4n) is 8.71. The van der Waals surface area contributed by atoms with E-state index >= 15 is 0 Å². The quantitative estimate of drug-likeness (QED) is 0.659. The summed E-state index contributed by atoms with van der Waals surface area (Å²) in [5.41, 5.74) is 0.216. The van der Waals surface area contributed by atoms with E-state index in [-0.39, 0.29) is 29.5 Å². The average Bonchev–Trinajstić information content (AvgIpc) is 3.00. The summed E-state index contributed by atoms with van der Waals surface area (Å²) in [6.07, 6.45) is 9.26. The maximum atomic E-state index is 11.5. The Morgan fingerprint density at radius 1 is 1.04 bits per heavy atom. The molecule has 4 nitrogen and oxygen atoms in total. The van der Waals surface area contributed by atoms with Gasteiger partial charge in [-0.25, -0.2) is 0 Å². The van der Waals surface area contributed by atoms with Crippen LogP contribution in [0.25, 0.3) is 0 Å². The van der Waals surface area contributed by atoms with Crippen molar-refractivity contribution in [2.45, 2.75) is 97.2 Å². The van der Waals surface area contributed by atoms with Gasteiger partial charge >= 0.3 is 5.97 Å². The summed E-state index contributed by atoms with van der Waals surface area (Å²) in [5.74, 6) is 2.55. The van der Waals surface area contributed by atoms with Crippen LogP contribution in [0.3, 0.4) is 0 Å². The van der Waals surface area contributed by atoms with Gasteiger partial charge in [-0.2, -0.15) is 0 Å².